The van der Waals surface area contributed by atoms with Crippen molar-refractivity contribution in [3.8, 4) is 40.2 Å². The molecule has 19 nitrogen and oxygen atoms in total. The number of esters is 1. The molecule has 0 saturated carbocycles. The molecule has 8 aliphatic rings. The van der Waals surface area contributed by atoms with Crippen molar-refractivity contribution < 1.29 is 82.6 Å². The van der Waals surface area contributed by atoms with E-state index in [0.717, 1.165) is 49.0 Å². The number of carbonyl (C=O) groups is 4. The molecule has 0 unspecified atom stereocenters. The molecule has 65 heavy (non-hydrogen) atoms. The molecule has 0 radical (unpaired) electrons. The third-order valence-electron chi connectivity index (χ3n) is 13.5. The molecule has 7 atom stereocenters. The maximum absolute atomic E-state index is 12.9. The summed E-state index contributed by atoms with van der Waals surface area (Å²) in [4.78, 5) is 49.5. The van der Waals surface area contributed by atoms with Crippen LogP contribution in [0.1, 0.15) is 56.7 Å². The van der Waals surface area contributed by atoms with Crippen LogP contribution in [0.3, 0.4) is 0 Å². The SMILES string of the molecule is CN1CC[C@]23c4c5ccc(O)c4O[C@H]2[C@@H](O)C=C[C@H]3[C@H]1C5.COc1ccc2c(c1OC)C(=O)O[C@@H]2[C@H]1c2c(cc3c(c2OC)OCO3)CCN1C.O=C(O)C1=CC(=O)C(=O)C(=C(O)O)O1. The number of benzene rings is 3. The number of ketones is 2. The summed E-state index contributed by atoms with van der Waals surface area (Å²) in [5, 5.41) is 46.0. The first-order valence-corrected chi connectivity index (χ1v) is 20.7. The van der Waals surface area contributed by atoms with E-state index in [1.807, 2.05) is 31.3 Å². The maximum atomic E-state index is 12.9. The van der Waals surface area contributed by atoms with Gasteiger partial charge in [-0.3, -0.25) is 14.5 Å². The van der Waals surface area contributed by atoms with Gasteiger partial charge in [-0.1, -0.05) is 24.3 Å². The first-order valence-electron chi connectivity index (χ1n) is 20.7. The molecule has 6 heterocycles. The number of rotatable bonds is 5. The number of aliphatic hydroxyl groups is 3. The molecule has 5 N–H and O–H groups in total. The van der Waals surface area contributed by atoms with Crippen LogP contribution in [0.15, 0.2) is 66.0 Å². The second kappa shape index (κ2) is 16.2. The Bertz CT molecular complexity index is 2630. The van der Waals surface area contributed by atoms with Gasteiger partial charge in [-0.05, 0) is 69.2 Å². The maximum Gasteiger partial charge on any atom is 0.371 e. The number of nitrogens with zero attached hydrogens (tertiary/aromatic N) is 2. The van der Waals surface area contributed by atoms with Crippen LogP contribution >= 0.6 is 0 Å². The fraction of sp³-hybridized carbons (Fsp3) is 0.391. The van der Waals surface area contributed by atoms with Gasteiger partial charge in [-0.25, -0.2) is 9.59 Å². The zero-order chi connectivity index (χ0) is 46.2. The quantitative estimate of drug-likeness (QED) is 0.0808. The molecule has 2 bridgehead atoms. The van der Waals surface area contributed by atoms with Gasteiger partial charge in [0.15, 0.2) is 34.5 Å². The molecule has 0 amide bonds. The van der Waals surface area contributed by atoms with E-state index in [4.69, 9.17) is 48.5 Å². The van der Waals surface area contributed by atoms with Crippen LogP contribution in [0.4, 0.5) is 0 Å². The average molecular weight is 899 g/mol. The highest BCUT2D eigenvalue weighted by Gasteiger charge is 2.64. The van der Waals surface area contributed by atoms with E-state index < -0.39 is 53.2 Å². The standard InChI is InChI=1S/C22H23NO7.C17H19NO3.C7H4O7/c1-23-8-7-11-9-14-20(29-10-28-14)21(27-4)15(11)17(23)18-12-5-6-13(25-2)19(26-3)16(12)22(24)30-18;1-18-7-6-17-10-3-5-13(20)16(17)21-15-12(19)4-2-9(14(15)17)8-11(10)18;8-2-1-3(6(10)11)14-5(4(2)9)7(12)13/h5-6,9,17-18H,7-8,10H2,1-4H3;2-5,10-11,13,16,19-20H,6-8H2,1H3;1,12-13H,(H,10,11)/t17-,18+;10-,11+,13-,16-,17-;/m10./s1. The van der Waals surface area contributed by atoms with E-state index in [9.17, 15) is 29.4 Å². The minimum absolute atomic E-state index is 0.160. The number of likely N-dealkylation sites (tertiary alicyclic amines) is 1. The number of aliphatic hydroxyl groups excluding tert-OH is 2. The Hall–Kier alpha value is -6.96. The number of aromatic hydroxyl groups is 1. The molecule has 2 aliphatic carbocycles. The Balaban J connectivity index is 0.000000132. The molecule has 6 aliphatic heterocycles. The normalized spacial score (nSPS) is 27.2. The lowest BCUT2D eigenvalue weighted by Gasteiger charge is -2.56. The molecule has 19 heteroatoms. The molecular formula is C46H46N2O17. The number of hydrogen-bond donors (Lipinski definition) is 5. The van der Waals surface area contributed by atoms with Crippen molar-refractivity contribution in [3.63, 3.8) is 0 Å². The lowest BCUT2D eigenvalue weighted by atomic mass is 9.53. The Labute approximate surface area is 371 Å². The van der Waals surface area contributed by atoms with Crippen LogP contribution in [0.5, 0.6) is 40.2 Å². The van der Waals surface area contributed by atoms with Gasteiger partial charge in [0.1, 0.15) is 23.9 Å². The van der Waals surface area contributed by atoms with Gasteiger partial charge in [0.2, 0.25) is 24.1 Å². The molecular weight excluding hydrogens is 853 g/mol. The van der Waals surface area contributed by atoms with Gasteiger partial charge in [0.25, 0.3) is 11.5 Å². The fourth-order valence-corrected chi connectivity index (χ4v) is 10.7. The average Bonchev–Trinajstić information content (AvgIpc) is 4.00. The number of phenolic OH excluding ortho intramolecular Hbond substituents is 1. The summed E-state index contributed by atoms with van der Waals surface area (Å²) in [5.41, 5.74) is 5.52. The van der Waals surface area contributed by atoms with E-state index in [-0.39, 0.29) is 30.1 Å². The van der Waals surface area contributed by atoms with E-state index in [1.165, 1.54) is 18.2 Å². The largest absolute Gasteiger partial charge is 0.504 e. The van der Waals surface area contributed by atoms with Crippen molar-refractivity contribution in [1.29, 1.82) is 0 Å². The highest BCUT2D eigenvalue weighted by atomic mass is 16.7. The number of aliphatic carboxylic acids is 1. The van der Waals surface area contributed by atoms with Crippen molar-refractivity contribution in [3.05, 3.63) is 99.4 Å². The van der Waals surface area contributed by atoms with Crippen molar-refractivity contribution in [2.45, 2.75) is 55.1 Å². The molecule has 3 aromatic rings. The van der Waals surface area contributed by atoms with Crippen LogP contribution in [-0.4, -0.2) is 132 Å². The minimum Gasteiger partial charge on any atom is -0.504 e. The Morgan fingerprint density at radius 1 is 0.877 bits per heavy atom. The summed E-state index contributed by atoms with van der Waals surface area (Å²) in [6.45, 7) is 1.97. The second-order valence-corrected chi connectivity index (χ2v) is 16.7. The van der Waals surface area contributed by atoms with Gasteiger partial charge in [-0.15, -0.1) is 0 Å². The Morgan fingerprint density at radius 3 is 2.35 bits per heavy atom. The number of phenols is 1. The second-order valence-electron chi connectivity index (χ2n) is 16.7. The molecule has 1 spiro atoms. The first-order chi connectivity index (χ1) is 31.1. The van der Waals surface area contributed by atoms with Gasteiger partial charge in [-0.2, -0.15) is 0 Å². The molecule has 0 aromatic heterocycles. The first kappa shape index (κ1) is 43.3. The molecule has 1 fully saturated rings. The van der Waals surface area contributed by atoms with E-state index in [1.54, 1.807) is 26.4 Å². The number of allylic oxidation sites excluding steroid dienone is 2. The van der Waals surface area contributed by atoms with Crippen molar-refractivity contribution in [2.24, 2.45) is 5.92 Å². The summed E-state index contributed by atoms with van der Waals surface area (Å²) in [6, 6.07) is 9.65. The highest BCUT2D eigenvalue weighted by Crippen LogP contribution is 2.62. The number of piperidine rings is 1. The number of fused-ring (bicyclic) bond motifs is 3. The van der Waals surface area contributed by atoms with Crippen molar-refractivity contribution in [2.75, 3.05) is 55.3 Å². The summed E-state index contributed by atoms with van der Waals surface area (Å²) in [6.07, 6.45) is 5.94. The summed E-state index contributed by atoms with van der Waals surface area (Å²) < 4.78 is 44.2. The number of Topliss-reactive ketones (excluding diaryl/α,β-unsaturated/α-hetero) is 1. The number of methoxy groups -OCH3 is 3. The van der Waals surface area contributed by atoms with Gasteiger partial charge < -0.3 is 68.3 Å². The van der Waals surface area contributed by atoms with E-state index >= 15 is 0 Å². The Morgan fingerprint density at radius 2 is 1.65 bits per heavy atom. The summed E-state index contributed by atoms with van der Waals surface area (Å²) in [5.74, 6) is -4.01. The number of likely N-dealkylation sites (N-methyl/N-ethyl adjacent to an activating group) is 2. The number of ether oxygens (including phenoxy) is 8. The van der Waals surface area contributed by atoms with Gasteiger partial charge in [0, 0.05) is 46.7 Å². The highest BCUT2D eigenvalue weighted by molar-refractivity contribution is 6.48. The topological polar surface area (TPSA) is 250 Å². The fourth-order valence-electron chi connectivity index (χ4n) is 10.7. The predicted octanol–water partition coefficient (Wildman–Crippen LogP) is 3.49. The molecule has 342 valence electrons. The summed E-state index contributed by atoms with van der Waals surface area (Å²) in [7, 11) is 8.88. The molecule has 1 saturated heterocycles. The smallest absolute Gasteiger partial charge is 0.371 e. The third kappa shape index (κ3) is 6.66. The zero-order valence-electron chi connectivity index (χ0n) is 35.9. The van der Waals surface area contributed by atoms with Crippen LogP contribution in [0.25, 0.3) is 0 Å². The van der Waals surface area contributed by atoms with Gasteiger partial charge >= 0.3 is 17.9 Å². The Kier molecular flexibility index (Phi) is 10.8. The van der Waals surface area contributed by atoms with Gasteiger partial charge in [0.05, 0.1) is 27.4 Å². The molecule has 11 rings (SSSR count). The number of hydrogen-bond acceptors (Lipinski definition) is 18. The van der Waals surface area contributed by atoms with E-state index in [2.05, 4.69) is 27.7 Å². The lowest BCUT2D eigenvalue weighted by Crippen LogP contribution is -2.64. The lowest BCUT2D eigenvalue weighted by molar-refractivity contribution is -0.140. The van der Waals surface area contributed by atoms with Crippen LogP contribution in [0, 0.1) is 5.92 Å². The molecule has 3 aromatic carbocycles. The monoisotopic (exact) mass is 898 g/mol. The predicted molar refractivity (Wildman–Crippen MR) is 223 cm³/mol. The van der Waals surface area contributed by atoms with Crippen molar-refractivity contribution >= 4 is 23.5 Å². The number of carboxylic acids is 1. The van der Waals surface area contributed by atoms with Crippen LogP contribution in [-0.2, 0) is 42.1 Å². The van der Waals surface area contributed by atoms with Crippen molar-refractivity contribution in [1.82, 2.24) is 9.80 Å². The summed E-state index contributed by atoms with van der Waals surface area (Å²) >= 11 is 0. The van der Waals surface area contributed by atoms with E-state index in [0.29, 0.717) is 58.1 Å². The third-order valence-corrected chi connectivity index (χ3v) is 13.5. The number of cyclic esters (lactones) is 1. The zero-order valence-corrected chi connectivity index (χ0v) is 35.9. The minimum atomic E-state index is -1.59. The number of carboxylic acid groups (broad SMARTS) is 1. The van der Waals surface area contributed by atoms with Crippen LogP contribution in [0.2, 0.25) is 0 Å². The van der Waals surface area contributed by atoms with Crippen LogP contribution < -0.4 is 28.4 Å². The number of carbonyl (C=O) groups excluding carboxylic acids is 3.